The number of hydrogen-bond donors (Lipinski definition) is 0. The molecule has 2 aliphatic carbocycles. The second-order valence-corrected chi connectivity index (χ2v) is 8.03. The van der Waals surface area contributed by atoms with E-state index in [0.717, 1.165) is 24.8 Å². The fraction of sp³-hybridized carbons (Fsp3) is 0.348. The Bertz CT molecular complexity index is 909. The maximum atomic E-state index is 12.9. The van der Waals surface area contributed by atoms with Gasteiger partial charge < -0.3 is 4.74 Å². The lowest BCUT2D eigenvalue weighted by molar-refractivity contribution is -0.133. The number of imide groups is 1. The van der Waals surface area contributed by atoms with Crippen LogP contribution in [0.4, 0.5) is 5.69 Å². The zero-order valence-corrected chi connectivity index (χ0v) is 15.4. The highest BCUT2D eigenvalue weighted by atomic mass is 16.5. The molecule has 0 unspecified atom stereocenters. The van der Waals surface area contributed by atoms with Gasteiger partial charge >= 0.3 is 5.97 Å². The van der Waals surface area contributed by atoms with Crippen molar-refractivity contribution in [2.45, 2.75) is 25.7 Å². The van der Waals surface area contributed by atoms with Crippen molar-refractivity contribution in [2.24, 2.45) is 23.7 Å². The van der Waals surface area contributed by atoms with Crippen LogP contribution >= 0.6 is 0 Å². The summed E-state index contributed by atoms with van der Waals surface area (Å²) < 4.78 is 5.38. The summed E-state index contributed by atoms with van der Waals surface area (Å²) in [6, 6.07) is 16.1. The molecule has 0 radical (unpaired) electrons. The van der Waals surface area contributed by atoms with E-state index in [2.05, 4.69) is 0 Å². The van der Waals surface area contributed by atoms with Crippen LogP contribution < -0.4 is 9.64 Å². The summed E-state index contributed by atoms with van der Waals surface area (Å²) in [5.41, 5.74) is 1.45. The SMILES string of the molecule is O=C(Cc1ccccc1)Oc1ccc(N2C(=O)[C@@H]3[C@H]4CC[C@@H](C4)[C@H]3C2=O)cc1. The van der Waals surface area contributed by atoms with Crippen molar-refractivity contribution in [1.82, 2.24) is 0 Å². The van der Waals surface area contributed by atoms with E-state index in [9.17, 15) is 14.4 Å². The summed E-state index contributed by atoms with van der Waals surface area (Å²) in [6.45, 7) is 0. The van der Waals surface area contributed by atoms with Crippen molar-refractivity contribution < 1.29 is 19.1 Å². The first-order chi connectivity index (χ1) is 13.6. The number of anilines is 1. The number of nitrogens with zero attached hydrogens (tertiary/aromatic N) is 1. The molecule has 1 aliphatic heterocycles. The molecule has 3 aliphatic rings. The number of carbonyl (C=O) groups is 3. The quantitative estimate of drug-likeness (QED) is 0.467. The smallest absolute Gasteiger partial charge is 0.315 e. The van der Waals surface area contributed by atoms with Gasteiger partial charge in [0.1, 0.15) is 5.75 Å². The zero-order chi connectivity index (χ0) is 19.3. The molecule has 2 amide bonds. The van der Waals surface area contributed by atoms with E-state index in [4.69, 9.17) is 4.74 Å². The average Bonchev–Trinajstić information content (AvgIpc) is 3.37. The number of fused-ring (bicyclic) bond motifs is 5. The molecule has 28 heavy (non-hydrogen) atoms. The van der Waals surface area contributed by atoms with Crippen molar-refractivity contribution in [3.8, 4) is 5.75 Å². The van der Waals surface area contributed by atoms with Gasteiger partial charge in [0.15, 0.2) is 0 Å². The third-order valence-corrected chi connectivity index (χ3v) is 6.45. The summed E-state index contributed by atoms with van der Waals surface area (Å²) in [7, 11) is 0. The highest BCUT2D eigenvalue weighted by Crippen LogP contribution is 2.56. The topological polar surface area (TPSA) is 63.7 Å². The van der Waals surface area contributed by atoms with E-state index in [0.29, 0.717) is 23.3 Å². The van der Waals surface area contributed by atoms with Gasteiger partial charge in [0, 0.05) is 0 Å². The molecule has 5 rings (SSSR count). The molecule has 0 spiro atoms. The maximum absolute atomic E-state index is 12.9. The van der Waals surface area contributed by atoms with Gasteiger partial charge in [-0.25, -0.2) is 0 Å². The molecule has 0 aromatic heterocycles. The van der Waals surface area contributed by atoms with Crippen LogP contribution in [-0.2, 0) is 20.8 Å². The zero-order valence-electron chi connectivity index (χ0n) is 15.4. The molecular formula is C23H21NO4. The minimum atomic E-state index is -0.349. The van der Waals surface area contributed by atoms with Crippen molar-refractivity contribution in [3.05, 3.63) is 60.2 Å². The molecule has 2 aromatic rings. The number of amides is 2. The van der Waals surface area contributed by atoms with Gasteiger partial charge in [-0.1, -0.05) is 30.3 Å². The molecule has 2 saturated carbocycles. The lowest BCUT2D eigenvalue weighted by atomic mass is 9.81. The summed E-state index contributed by atoms with van der Waals surface area (Å²) in [5, 5.41) is 0. The Kier molecular flexibility index (Phi) is 4.04. The molecule has 2 bridgehead atoms. The van der Waals surface area contributed by atoms with E-state index >= 15 is 0 Å². The predicted molar refractivity (Wildman–Crippen MR) is 103 cm³/mol. The first kappa shape index (κ1) is 17.2. The second-order valence-electron chi connectivity index (χ2n) is 8.03. The summed E-state index contributed by atoms with van der Waals surface area (Å²) in [6.07, 6.45) is 3.35. The molecule has 4 atom stereocenters. The minimum absolute atomic E-state index is 0.0592. The first-order valence-corrected chi connectivity index (χ1v) is 9.84. The number of ether oxygens (including phenoxy) is 1. The van der Waals surface area contributed by atoms with Gasteiger partial charge in [0.25, 0.3) is 0 Å². The Morgan fingerprint density at radius 2 is 1.50 bits per heavy atom. The van der Waals surface area contributed by atoms with Crippen LogP contribution in [0.2, 0.25) is 0 Å². The van der Waals surface area contributed by atoms with Gasteiger partial charge in [-0.3, -0.25) is 19.3 Å². The molecule has 0 N–H and O–H groups in total. The van der Waals surface area contributed by atoms with E-state index in [1.165, 1.54) is 4.90 Å². The van der Waals surface area contributed by atoms with E-state index in [1.807, 2.05) is 30.3 Å². The van der Waals surface area contributed by atoms with E-state index in [1.54, 1.807) is 24.3 Å². The predicted octanol–water partition coefficient (Wildman–Crippen LogP) is 3.37. The summed E-state index contributed by atoms with van der Waals surface area (Å²) >= 11 is 0. The minimum Gasteiger partial charge on any atom is -0.426 e. The molecule has 1 heterocycles. The number of benzene rings is 2. The molecule has 5 nitrogen and oxygen atoms in total. The lowest BCUT2D eigenvalue weighted by Gasteiger charge is -2.19. The fourth-order valence-corrected chi connectivity index (χ4v) is 5.26. The van der Waals surface area contributed by atoms with Crippen LogP contribution in [0.15, 0.2) is 54.6 Å². The van der Waals surface area contributed by atoms with Crippen molar-refractivity contribution in [2.75, 3.05) is 4.90 Å². The molecule has 3 fully saturated rings. The van der Waals surface area contributed by atoms with Gasteiger partial charge in [-0.05, 0) is 60.9 Å². The fourth-order valence-electron chi connectivity index (χ4n) is 5.26. The Morgan fingerprint density at radius 3 is 2.11 bits per heavy atom. The number of hydrogen-bond acceptors (Lipinski definition) is 4. The number of rotatable bonds is 4. The third-order valence-electron chi connectivity index (χ3n) is 6.45. The van der Waals surface area contributed by atoms with Crippen molar-refractivity contribution in [1.29, 1.82) is 0 Å². The number of esters is 1. The van der Waals surface area contributed by atoms with Crippen LogP contribution in [-0.4, -0.2) is 17.8 Å². The van der Waals surface area contributed by atoms with Gasteiger partial charge in [-0.15, -0.1) is 0 Å². The summed E-state index contributed by atoms with van der Waals surface area (Å²) in [5.74, 6) is 0.419. The second kappa shape index (κ2) is 6.59. The van der Waals surface area contributed by atoms with Gasteiger partial charge in [0.2, 0.25) is 11.8 Å². The highest BCUT2D eigenvalue weighted by molar-refractivity contribution is 6.22. The van der Waals surface area contributed by atoms with Crippen molar-refractivity contribution >= 4 is 23.5 Å². The maximum Gasteiger partial charge on any atom is 0.315 e. The monoisotopic (exact) mass is 375 g/mol. The van der Waals surface area contributed by atoms with Crippen LogP contribution in [0.1, 0.15) is 24.8 Å². The molecule has 5 heteroatoms. The Morgan fingerprint density at radius 1 is 0.893 bits per heavy atom. The largest absolute Gasteiger partial charge is 0.426 e. The molecular weight excluding hydrogens is 354 g/mol. The Labute approximate surface area is 163 Å². The van der Waals surface area contributed by atoms with Crippen LogP contribution in [0, 0.1) is 23.7 Å². The Hall–Kier alpha value is -2.95. The van der Waals surface area contributed by atoms with Crippen LogP contribution in [0.25, 0.3) is 0 Å². The van der Waals surface area contributed by atoms with Gasteiger partial charge in [-0.2, -0.15) is 0 Å². The van der Waals surface area contributed by atoms with Crippen LogP contribution in [0.5, 0.6) is 5.75 Å². The van der Waals surface area contributed by atoms with E-state index < -0.39 is 0 Å². The third kappa shape index (κ3) is 2.73. The molecule has 2 aromatic carbocycles. The van der Waals surface area contributed by atoms with Gasteiger partial charge in [0.05, 0.1) is 23.9 Å². The molecule has 142 valence electrons. The average molecular weight is 375 g/mol. The van der Waals surface area contributed by atoms with E-state index in [-0.39, 0.29) is 36.0 Å². The summed E-state index contributed by atoms with van der Waals surface area (Å²) in [4.78, 5) is 39.2. The standard InChI is InChI=1S/C23H21NO4/c25-19(12-14-4-2-1-3-5-14)28-18-10-8-17(9-11-18)24-22(26)20-15-6-7-16(13-15)21(20)23(24)27/h1-5,8-11,15-16,20-21H,6-7,12-13H2/t15-,16-,20+,21+/m0/s1. The molecule has 1 saturated heterocycles. The normalized spacial score (nSPS) is 27.9. The Balaban J connectivity index is 1.28. The highest BCUT2D eigenvalue weighted by Gasteiger charge is 2.61. The van der Waals surface area contributed by atoms with Crippen molar-refractivity contribution in [3.63, 3.8) is 0 Å². The lowest BCUT2D eigenvalue weighted by Crippen LogP contribution is -2.32. The van der Waals surface area contributed by atoms with Crippen LogP contribution in [0.3, 0.4) is 0 Å². The number of carbonyl (C=O) groups excluding carboxylic acids is 3. The first-order valence-electron chi connectivity index (χ1n) is 9.84.